The van der Waals surface area contributed by atoms with Crippen LogP contribution in [0.1, 0.15) is 0 Å². The molecule has 0 amide bonds. The third-order valence-electron chi connectivity index (χ3n) is 18.6. The molecule has 0 unspecified atom stereocenters. The molecular formula is C92H62N12O2. The molecule has 0 aliphatic rings. The van der Waals surface area contributed by atoms with Crippen LogP contribution in [0.2, 0.25) is 0 Å². The number of hydrogen-bond donors (Lipinski definition) is 0. The van der Waals surface area contributed by atoms with Crippen LogP contribution < -0.4 is 9.47 Å². The number of nitrogens with zero attached hydrogens (tertiary/aromatic N) is 12. The van der Waals surface area contributed by atoms with Crippen molar-refractivity contribution in [3.63, 3.8) is 0 Å². The van der Waals surface area contributed by atoms with E-state index in [1.165, 1.54) is 0 Å². The van der Waals surface area contributed by atoms with E-state index in [9.17, 15) is 0 Å². The zero-order valence-electron chi connectivity index (χ0n) is 57.5. The van der Waals surface area contributed by atoms with E-state index in [4.69, 9.17) is 69.3 Å². The minimum absolute atomic E-state index is 0.539. The molecule has 0 spiro atoms. The predicted octanol–water partition coefficient (Wildman–Crippen LogP) is 21.1. The van der Waals surface area contributed by atoms with Gasteiger partial charge in [-0.15, -0.1) is 0 Å². The van der Waals surface area contributed by atoms with Crippen LogP contribution in [0.25, 0.3) is 180 Å². The summed E-state index contributed by atoms with van der Waals surface area (Å²) in [5, 5.41) is 0. The Bertz CT molecular complexity index is 5360. The summed E-state index contributed by atoms with van der Waals surface area (Å²) in [6.07, 6.45) is 14.3. The molecule has 0 atom stereocenters. The topological polar surface area (TPSA) is 173 Å². The van der Waals surface area contributed by atoms with Gasteiger partial charge in [-0.2, -0.15) is 0 Å². The highest BCUT2D eigenvalue weighted by molar-refractivity contribution is 6.08. The van der Waals surface area contributed by atoms with Crippen molar-refractivity contribution in [2.75, 3.05) is 14.2 Å². The van der Waals surface area contributed by atoms with Gasteiger partial charge in [-0.05, 0) is 212 Å². The summed E-state index contributed by atoms with van der Waals surface area (Å²) < 4.78 is 13.7. The standard InChI is InChI=1S/C92H62N12O2/c1-105-91-89(65-39-31-61(32-40-65)69-55-83(75-23-7-15-47-97-75)103-84(56-69)76-24-8-16-48-98-76)87(63-35-27-59(28-36-63)67-51-79(71-19-3-11-43-93-71)101-80(52-67)72-20-4-12-44-94-72)88(64-37-29-60(30-38-64)68-53-81(73-21-5-13-45-95-73)102-82(54-68)74-22-6-14-46-96-74)90(92(91)106-2)66-41-33-62(34-42-66)70-57-85(77-25-9-17-49-99-77)104-86(58-70)78-26-10-18-50-100-78/h3-58H,1-2H3. The molecule has 5 aromatic carbocycles. The second-order valence-electron chi connectivity index (χ2n) is 25.1. The van der Waals surface area contributed by atoms with Gasteiger partial charge in [0.15, 0.2) is 11.5 Å². The number of rotatable bonds is 18. The third-order valence-corrected chi connectivity index (χ3v) is 18.6. The molecule has 17 rings (SSSR count). The number of hydrogen-bond acceptors (Lipinski definition) is 14. The zero-order valence-corrected chi connectivity index (χ0v) is 57.5. The molecule has 12 heterocycles. The van der Waals surface area contributed by atoms with Crippen molar-refractivity contribution in [1.82, 2.24) is 59.8 Å². The van der Waals surface area contributed by atoms with Crippen molar-refractivity contribution in [3.8, 4) is 192 Å². The van der Waals surface area contributed by atoms with Gasteiger partial charge in [-0.25, -0.2) is 19.9 Å². The lowest BCUT2D eigenvalue weighted by atomic mass is 9.80. The van der Waals surface area contributed by atoms with Gasteiger partial charge in [0.25, 0.3) is 0 Å². The van der Waals surface area contributed by atoms with Crippen LogP contribution in [0.4, 0.5) is 0 Å². The summed E-state index contributed by atoms with van der Waals surface area (Å²) >= 11 is 0. The molecule has 0 saturated carbocycles. The molecule has 14 nitrogen and oxygen atoms in total. The lowest BCUT2D eigenvalue weighted by molar-refractivity contribution is 0.357. The fourth-order valence-corrected chi connectivity index (χ4v) is 13.5. The third kappa shape index (κ3) is 13.3. The summed E-state index contributed by atoms with van der Waals surface area (Å²) in [4.78, 5) is 58.4. The second-order valence-corrected chi connectivity index (χ2v) is 25.1. The van der Waals surface area contributed by atoms with Crippen LogP contribution in [0, 0.1) is 0 Å². The number of ether oxygens (including phenoxy) is 2. The van der Waals surface area contributed by atoms with Gasteiger partial charge in [0.1, 0.15) is 0 Å². The van der Waals surface area contributed by atoms with E-state index in [2.05, 4.69) is 146 Å². The van der Waals surface area contributed by atoms with Crippen molar-refractivity contribution in [2.24, 2.45) is 0 Å². The highest BCUT2D eigenvalue weighted by Gasteiger charge is 2.30. The first-order chi connectivity index (χ1) is 52.4. The molecule has 17 aromatic rings. The molecule has 0 aliphatic heterocycles. The average Bonchev–Trinajstić information content (AvgIpc) is 0.727. The van der Waals surface area contributed by atoms with Crippen LogP contribution >= 0.6 is 0 Å². The van der Waals surface area contributed by atoms with Gasteiger partial charge in [0.05, 0.1) is 105 Å². The van der Waals surface area contributed by atoms with Crippen molar-refractivity contribution in [1.29, 1.82) is 0 Å². The Hall–Kier alpha value is -14.5. The van der Waals surface area contributed by atoms with Gasteiger partial charge in [-0.1, -0.05) is 146 Å². The SMILES string of the molecule is COc1c(OC)c(-c2ccc(-c3cc(-c4ccccn4)nc(-c4ccccn4)c3)cc2)c(-c2ccc(-c3cc(-c4ccccn4)nc(-c4ccccn4)c3)cc2)c(-c2ccc(-c3cc(-c4ccccn4)nc(-c4ccccn4)c3)cc2)c1-c1ccc(-c2cc(-c3ccccn3)nc(-c3ccccn3)c2)cc1. The first-order valence-corrected chi connectivity index (χ1v) is 34.6. The van der Waals surface area contributed by atoms with E-state index in [1.54, 1.807) is 63.8 Å². The van der Waals surface area contributed by atoms with Crippen molar-refractivity contribution < 1.29 is 9.47 Å². The molecule has 0 saturated heterocycles. The Morgan fingerprint density at radius 3 is 0.472 bits per heavy atom. The van der Waals surface area contributed by atoms with Crippen LogP contribution in [0.5, 0.6) is 11.5 Å². The van der Waals surface area contributed by atoms with Crippen LogP contribution in [-0.4, -0.2) is 74.0 Å². The highest BCUT2D eigenvalue weighted by atomic mass is 16.5. The zero-order chi connectivity index (χ0) is 71.1. The monoisotopic (exact) mass is 1370 g/mol. The van der Waals surface area contributed by atoms with E-state index < -0.39 is 0 Å². The van der Waals surface area contributed by atoms with Gasteiger partial charge in [0, 0.05) is 71.8 Å². The Kier molecular flexibility index (Phi) is 17.9. The Morgan fingerprint density at radius 2 is 0.321 bits per heavy atom. The minimum atomic E-state index is 0.539. The van der Waals surface area contributed by atoms with Gasteiger partial charge in [0.2, 0.25) is 0 Å². The summed E-state index contributed by atoms with van der Waals surface area (Å²) in [6, 6.07) is 98.4. The fourth-order valence-electron chi connectivity index (χ4n) is 13.5. The van der Waals surface area contributed by atoms with Crippen molar-refractivity contribution >= 4 is 0 Å². The van der Waals surface area contributed by atoms with Gasteiger partial charge >= 0.3 is 0 Å². The quantitative estimate of drug-likeness (QED) is 0.0794. The maximum Gasteiger partial charge on any atom is 0.169 e. The summed E-state index contributed by atoms with van der Waals surface area (Å²) in [6.45, 7) is 0. The predicted molar refractivity (Wildman–Crippen MR) is 420 cm³/mol. The molecule has 106 heavy (non-hydrogen) atoms. The molecule has 0 N–H and O–H groups in total. The lowest BCUT2D eigenvalue weighted by Gasteiger charge is -2.26. The second kappa shape index (κ2) is 29.2. The number of pyridine rings is 12. The maximum absolute atomic E-state index is 6.86. The lowest BCUT2D eigenvalue weighted by Crippen LogP contribution is -2.03. The largest absolute Gasteiger partial charge is 0.492 e. The molecule has 0 fully saturated rings. The Morgan fingerprint density at radius 1 is 0.160 bits per heavy atom. The molecule has 502 valence electrons. The number of aromatic nitrogens is 12. The Balaban J connectivity index is 0.896. The first kappa shape index (κ1) is 64.8. The Labute approximate surface area is 612 Å². The van der Waals surface area contributed by atoms with Gasteiger partial charge in [-0.3, -0.25) is 39.9 Å². The van der Waals surface area contributed by atoms with Crippen molar-refractivity contribution in [3.05, 3.63) is 341 Å². The fraction of sp³-hybridized carbons (Fsp3) is 0.0217. The smallest absolute Gasteiger partial charge is 0.169 e. The molecular weight excluding hydrogens is 1310 g/mol. The van der Waals surface area contributed by atoms with E-state index >= 15 is 0 Å². The summed E-state index contributed by atoms with van der Waals surface area (Å²) in [5.41, 5.74) is 26.4. The molecule has 0 bridgehead atoms. The number of benzene rings is 5. The molecule has 12 aromatic heterocycles. The normalized spacial score (nSPS) is 11.1. The van der Waals surface area contributed by atoms with E-state index in [0.717, 1.165) is 180 Å². The maximum atomic E-state index is 6.86. The molecule has 0 aliphatic carbocycles. The summed E-state index contributed by atoms with van der Waals surface area (Å²) in [5.74, 6) is 1.08. The average molecular weight is 1370 g/mol. The molecule has 0 radical (unpaired) electrons. The van der Waals surface area contributed by atoms with Crippen LogP contribution in [-0.2, 0) is 0 Å². The van der Waals surface area contributed by atoms with Crippen molar-refractivity contribution in [2.45, 2.75) is 0 Å². The summed E-state index contributed by atoms with van der Waals surface area (Å²) in [7, 11) is 3.44. The van der Waals surface area contributed by atoms with Gasteiger partial charge < -0.3 is 9.47 Å². The van der Waals surface area contributed by atoms with Crippen LogP contribution in [0.3, 0.4) is 0 Å². The number of methoxy groups -OCH3 is 2. The molecule has 14 heteroatoms. The van der Waals surface area contributed by atoms with Crippen LogP contribution in [0.15, 0.2) is 341 Å². The highest BCUT2D eigenvalue weighted by Crippen LogP contribution is 2.57. The van der Waals surface area contributed by atoms with E-state index in [-0.39, 0.29) is 0 Å². The first-order valence-electron chi connectivity index (χ1n) is 34.6. The minimum Gasteiger partial charge on any atom is -0.492 e. The van der Waals surface area contributed by atoms with E-state index in [0.29, 0.717) is 11.5 Å². The van der Waals surface area contributed by atoms with E-state index in [1.807, 2.05) is 146 Å².